The van der Waals surface area contributed by atoms with E-state index in [4.69, 9.17) is 0 Å². The maximum absolute atomic E-state index is 4.56. The van der Waals surface area contributed by atoms with Crippen LogP contribution >= 0.6 is 0 Å². The van der Waals surface area contributed by atoms with Crippen LogP contribution in [-0.2, 0) is 5.41 Å². The highest BCUT2D eigenvalue weighted by atomic mass is 14.9. The van der Waals surface area contributed by atoms with E-state index in [-0.39, 0.29) is 5.41 Å². The van der Waals surface area contributed by atoms with Gasteiger partial charge in [-0.15, -0.1) is 6.58 Å². The Kier molecular flexibility index (Phi) is 6.50. The highest BCUT2D eigenvalue weighted by Crippen LogP contribution is 2.48. The number of allylic oxidation sites excluding steroid dienone is 5. The molecule has 2 heteroatoms. The molecule has 1 aliphatic rings. The fraction of sp³-hybridized carbons (Fsp3) is 0.172. The zero-order valence-electron chi connectivity index (χ0n) is 18.9. The molecule has 0 aliphatic heterocycles. The SMILES string of the molecule is C=CC.C=CC1=C(C=C)C(C)(C)c2cc(-c3cccc(-c4ccnc(C)n4)c3)ccc21. The van der Waals surface area contributed by atoms with E-state index < -0.39 is 0 Å². The molecule has 31 heavy (non-hydrogen) atoms. The number of aryl methyl sites for hydroxylation is 1. The van der Waals surface area contributed by atoms with Crippen LogP contribution in [-0.4, -0.2) is 9.97 Å². The highest BCUT2D eigenvalue weighted by molar-refractivity contribution is 5.89. The van der Waals surface area contributed by atoms with Crippen molar-refractivity contribution in [1.82, 2.24) is 9.97 Å². The van der Waals surface area contributed by atoms with Crippen LogP contribution < -0.4 is 0 Å². The number of nitrogens with zero attached hydrogens (tertiary/aromatic N) is 2. The van der Waals surface area contributed by atoms with Crippen LogP contribution in [0.1, 0.15) is 37.7 Å². The average Bonchev–Trinajstić information content (AvgIpc) is 2.99. The normalized spacial score (nSPS) is 13.7. The molecule has 0 saturated heterocycles. The Morgan fingerprint density at radius 1 is 0.871 bits per heavy atom. The predicted octanol–water partition coefficient (Wildman–Crippen LogP) is 7.73. The van der Waals surface area contributed by atoms with Crippen molar-refractivity contribution < 1.29 is 0 Å². The van der Waals surface area contributed by atoms with Gasteiger partial charge in [-0.3, -0.25) is 0 Å². The minimum absolute atomic E-state index is 0.0853. The maximum atomic E-state index is 4.56. The molecule has 2 nitrogen and oxygen atoms in total. The van der Waals surface area contributed by atoms with E-state index in [1.165, 1.54) is 33.4 Å². The van der Waals surface area contributed by atoms with Gasteiger partial charge in [0.15, 0.2) is 0 Å². The van der Waals surface area contributed by atoms with E-state index in [0.29, 0.717) is 0 Å². The minimum Gasteiger partial charge on any atom is -0.242 e. The Morgan fingerprint density at radius 3 is 2.19 bits per heavy atom. The Labute approximate surface area is 186 Å². The zero-order valence-corrected chi connectivity index (χ0v) is 18.9. The van der Waals surface area contributed by atoms with E-state index >= 15 is 0 Å². The van der Waals surface area contributed by atoms with Gasteiger partial charge in [-0.2, -0.15) is 0 Å². The standard InChI is InChI=1S/C26H24N2.C3H6/c1-6-21-22-12-11-19(16-24(22)26(4,5)23(21)7-2)18-9-8-10-20(15-18)25-13-14-27-17(3)28-25;1-3-2/h6-16H,1-2H2,3-5H3;3H,1H2,2H3. The average molecular weight is 407 g/mol. The second-order valence-electron chi connectivity index (χ2n) is 8.10. The van der Waals surface area contributed by atoms with Crippen molar-refractivity contribution in [3.05, 3.63) is 115 Å². The van der Waals surface area contributed by atoms with Gasteiger partial charge in [0.05, 0.1) is 5.69 Å². The minimum atomic E-state index is -0.0853. The van der Waals surface area contributed by atoms with Gasteiger partial charge in [-0.1, -0.05) is 75.6 Å². The second-order valence-corrected chi connectivity index (χ2v) is 8.10. The summed E-state index contributed by atoms with van der Waals surface area (Å²) in [5.74, 6) is 0.780. The lowest BCUT2D eigenvalue weighted by Crippen LogP contribution is -2.16. The van der Waals surface area contributed by atoms with E-state index in [1.807, 2.05) is 38.3 Å². The molecular weight excluding hydrogens is 376 g/mol. The van der Waals surface area contributed by atoms with Crippen LogP contribution in [0.2, 0.25) is 0 Å². The molecule has 0 fully saturated rings. The lowest BCUT2D eigenvalue weighted by Gasteiger charge is -2.23. The summed E-state index contributed by atoms with van der Waals surface area (Å²) in [4.78, 5) is 8.76. The van der Waals surface area contributed by atoms with E-state index in [2.05, 4.69) is 86.0 Å². The van der Waals surface area contributed by atoms with Crippen LogP contribution in [0, 0.1) is 6.92 Å². The van der Waals surface area contributed by atoms with Crippen LogP contribution in [0.5, 0.6) is 0 Å². The van der Waals surface area contributed by atoms with E-state index in [1.54, 1.807) is 6.08 Å². The predicted molar refractivity (Wildman–Crippen MR) is 134 cm³/mol. The molecular formula is C29H30N2. The molecule has 0 spiro atoms. The summed E-state index contributed by atoms with van der Waals surface area (Å²) < 4.78 is 0. The third-order valence-corrected chi connectivity index (χ3v) is 5.62. The molecule has 1 aromatic heterocycles. The van der Waals surface area contributed by atoms with Gasteiger partial charge < -0.3 is 0 Å². The van der Waals surface area contributed by atoms with Gasteiger partial charge in [0.2, 0.25) is 0 Å². The molecule has 0 bridgehead atoms. The van der Waals surface area contributed by atoms with Crippen molar-refractivity contribution in [1.29, 1.82) is 0 Å². The highest BCUT2D eigenvalue weighted by Gasteiger charge is 2.35. The molecule has 0 radical (unpaired) electrons. The summed E-state index contributed by atoms with van der Waals surface area (Å²) in [7, 11) is 0. The van der Waals surface area contributed by atoms with Crippen LogP contribution in [0.15, 0.2) is 98.3 Å². The van der Waals surface area contributed by atoms with Crippen molar-refractivity contribution >= 4 is 5.57 Å². The second kappa shape index (κ2) is 9.09. The van der Waals surface area contributed by atoms with Gasteiger partial charge in [0.1, 0.15) is 5.82 Å². The summed E-state index contributed by atoms with van der Waals surface area (Å²) in [5.41, 5.74) is 9.33. The van der Waals surface area contributed by atoms with Crippen LogP contribution in [0.3, 0.4) is 0 Å². The summed E-state index contributed by atoms with van der Waals surface area (Å²) in [6.45, 7) is 19.7. The Morgan fingerprint density at radius 2 is 1.55 bits per heavy atom. The molecule has 156 valence electrons. The Bertz CT molecular complexity index is 1180. The van der Waals surface area contributed by atoms with Gasteiger partial charge in [-0.25, -0.2) is 9.97 Å². The summed E-state index contributed by atoms with van der Waals surface area (Å²) in [6, 6.07) is 17.2. The van der Waals surface area contributed by atoms with Gasteiger partial charge in [0.25, 0.3) is 0 Å². The molecule has 1 heterocycles. The number of hydrogen-bond donors (Lipinski definition) is 0. The lowest BCUT2D eigenvalue weighted by molar-refractivity contribution is 0.655. The molecule has 1 aliphatic carbocycles. The fourth-order valence-corrected chi connectivity index (χ4v) is 4.16. The van der Waals surface area contributed by atoms with Crippen molar-refractivity contribution in [3.8, 4) is 22.4 Å². The van der Waals surface area contributed by atoms with Crippen LogP contribution in [0.25, 0.3) is 28.0 Å². The van der Waals surface area contributed by atoms with Gasteiger partial charge >= 0.3 is 0 Å². The quantitative estimate of drug-likeness (QED) is 0.414. The fourth-order valence-electron chi connectivity index (χ4n) is 4.16. The summed E-state index contributed by atoms with van der Waals surface area (Å²) in [5, 5.41) is 0. The number of hydrogen-bond acceptors (Lipinski definition) is 2. The number of benzene rings is 2. The Hall–Kier alpha value is -3.52. The van der Waals surface area contributed by atoms with Gasteiger partial charge in [-0.05, 0) is 65.4 Å². The number of rotatable bonds is 4. The zero-order chi connectivity index (χ0) is 22.6. The van der Waals surface area contributed by atoms with E-state index in [9.17, 15) is 0 Å². The Balaban J connectivity index is 0.000000858. The number of fused-ring (bicyclic) bond motifs is 1. The van der Waals surface area contributed by atoms with Crippen molar-refractivity contribution in [2.24, 2.45) is 0 Å². The molecule has 4 rings (SSSR count). The first-order valence-electron chi connectivity index (χ1n) is 10.5. The summed E-state index contributed by atoms with van der Waals surface area (Å²) in [6.07, 6.45) is 7.47. The summed E-state index contributed by atoms with van der Waals surface area (Å²) >= 11 is 0. The molecule has 3 aromatic rings. The maximum Gasteiger partial charge on any atom is 0.125 e. The first-order valence-corrected chi connectivity index (χ1v) is 10.5. The van der Waals surface area contributed by atoms with Crippen LogP contribution in [0.4, 0.5) is 0 Å². The molecule has 2 aromatic carbocycles. The largest absolute Gasteiger partial charge is 0.242 e. The van der Waals surface area contributed by atoms with Crippen molar-refractivity contribution in [2.45, 2.75) is 33.1 Å². The van der Waals surface area contributed by atoms with Crippen molar-refractivity contribution in [3.63, 3.8) is 0 Å². The number of aromatic nitrogens is 2. The first kappa shape index (κ1) is 22.2. The smallest absolute Gasteiger partial charge is 0.125 e. The topological polar surface area (TPSA) is 25.8 Å². The molecule has 0 saturated carbocycles. The lowest BCUT2D eigenvalue weighted by atomic mass is 9.80. The third-order valence-electron chi connectivity index (χ3n) is 5.62. The molecule has 0 unspecified atom stereocenters. The monoisotopic (exact) mass is 406 g/mol. The van der Waals surface area contributed by atoms with Gasteiger partial charge in [0, 0.05) is 17.2 Å². The molecule has 0 atom stereocenters. The van der Waals surface area contributed by atoms with E-state index in [0.717, 1.165) is 17.1 Å². The molecule has 0 amide bonds. The van der Waals surface area contributed by atoms with Crippen molar-refractivity contribution in [2.75, 3.05) is 0 Å². The first-order chi connectivity index (χ1) is 14.9. The molecule has 0 N–H and O–H groups in total. The third kappa shape index (κ3) is 4.20.